The summed E-state index contributed by atoms with van der Waals surface area (Å²) in [6.45, 7) is 5.75. The van der Waals surface area contributed by atoms with Crippen LogP contribution >= 0.6 is 0 Å². The number of aromatic carboxylic acids is 1. The molecule has 1 heterocycles. The molecule has 33 heavy (non-hydrogen) atoms. The fourth-order valence-electron chi connectivity index (χ4n) is 3.45. The number of hydrogen-bond donors (Lipinski definition) is 3. The van der Waals surface area contributed by atoms with Gasteiger partial charge in [0, 0.05) is 5.56 Å². The summed E-state index contributed by atoms with van der Waals surface area (Å²) in [7, 11) is 0. The lowest BCUT2D eigenvalue weighted by Crippen LogP contribution is -2.14. The fraction of sp³-hybridized carbons (Fsp3) is 0.120. The number of rotatable bonds is 5. The fourth-order valence-corrected chi connectivity index (χ4v) is 3.45. The number of carbonyl (C=O) groups is 1. The third-order valence-corrected chi connectivity index (χ3v) is 5.46. The summed E-state index contributed by atoms with van der Waals surface area (Å²) >= 11 is 0. The van der Waals surface area contributed by atoms with Crippen LogP contribution in [0.5, 0.6) is 5.75 Å². The first kappa shape index (κ1) is 21.8. The smallest absolute Gasteiger partial charge is 0.335 e. The number of aromatic amines is 1. The number of carboxylic acid groups (broad SMARTS) is 1. The number of aryl methyl sites for hydroxylation is 3. The molecule has 0 aliphatic rings. The van der Waals surface area contributed by atoms with Crippen LogP contribution in [0.15, 0.2) is 75.7 Å². The molecule has 1 aromatic heterocycles. The Bertz CT molecular complexity index is 1460. The van der Waals surface area contributed by atoms with Gasteiger partial charge in [0.2, 0.25) is 0 Å². The molecule has 8 nitrogen and oxygen atoms in total. The molecule has 0 spiro atoms. The van der Waals surface area contributed by atoms with Crippen LogP contribution in [0.2, 0.25) is 0 Å². The van der Waals surface area contributed by atoms with E-state index in [1.54, 1.807) is 31.2 Å². The molecule has 0 aliphatic carbocycles. The maximum atomic E-state index is 12.9. The van der Waals surface area contributed by atoms with Crippen LogP contribution in [-0.2, 0) is 0 Å². The average molecular weight is 442 g/mol. The molecule has 0 bridgehead atoms. The predicted molar refractivity (Wildman–Crippen MR) is 125 cm³/mol. The number of H-pyrrole nitrogens is 1. The second kappa shape index (κ2) is 8.58. The van der Waals surface area contributed by atoms with E-state index in [9.17, 15) is 14.7 Å². The van der Waals surface area contributed by atoms with Gasteiger partial charge in [-0.2, -0.15) is 5.11 Å². The molecule has 0 saturated heterocycles. The van der Waals surface area contributed by atoms with Crippen LogP contribution in [0.1, 0.15) is 27.2 Å². The van der Waals surface area contributed by atoms with E-state index in [1.165, 1.54) is 22.9 Å². The third-order valence-electron chi connectivity index (χ3n) is 5.46. The number of nitrogens with zero attached hydrogens (tertiary/aromatic N) is 3. The predicted octanol–water partition coefficient (Wildman–Crippen LogP) is 5.58. The maximum Gasteiger partial charge on any atom is 0.335 e. The zero-order valence-electron chi connectivity index (χ0n) is 18.3. The van der Waals surface area contributed by atoms with Crippen molar-refractivity contribution in [3.05, 3.63) is 93.4 Å². The van der Waals surface area contributed by atoms with Gasteiger partial charge in [0.25, 0.3) is 5.56 Å². The van der Waals surface area contributed by atoms with Crippen LogP contribution in [0.3, 0.4) is 0 Å². The van der Waals surface area contributed by atoms with Gasteiger partial charge in [-0.3, -0.25) is 9.89 Å². The van der Waals surface area contributed by atoms with Gasteiger partial charge >= 0.3 is 5.97 Å². The lowest BCUT2D eigenvalue weighted by molar-refractivity contribution is 0.0696. The molecule has 166 valence electrons. The van der Waals surface area contributed by atoms with Crippen molar-refractivity contribution in [2.24, 2.45) is 10.2 Å². The summed E-state index contributed by atoms with van der Waals surface area (Å²) in [4.78, 5) is 24.0. The molecule has 0 aliphatic heterocycles. The first-order valence-electron chi connectivity index (χ1n) is 10.2. The van der Waals surface area contributed by atoms with Gasteiger partial charge in [0.1, 0.15) is 5.75 Å². The molecule has 0 amide bonds. The number of phenolic OH excluding ortho intramolecular Hbond substituents is 1. The summed E-state index contributed by atoms with van der Waals surface area (Å²) in [5.74, 6) is -1.27. The number of benzene rings is 3. The molecule has 3 aromatic carbocycles. The number of phenols is 1. The molecule has 4 rings (SSSR count). The van der Waals surface area contributed by atoms with Crippen molar-refractivity contribution in [3.63, 3.8) is 0 Å². The van der Waals surface area contributed by atoms with E-state index in [0.717, 1.165) is 16.8 Å². The van der Waals surface area contributed by atoms with E-state index in [1.807, 2.05) is 32.0 Å². The van der Waals surface area contributed by atoms with Gasteiger partial charge in [-0.15, -0.1) is 5.11 Å². The number of aromatic hydroxyl groups is 1. The molecule has 0 radical (unpaired) electrons. The first-order valence-corrected chi connectivity index (χ1v) is 10.2. The van der Waals surface area contributed by atoms with Crippen LogP contribution < -0.4 is 5.56 Å². The lowest BCUT2D eigenvalue weighted by atomic mass is 10.0. The lowest BCUT2D eigenvalue weighted by Gasteiger charge is -2.06. The highest BCUT2D eigenvalue weighted by Gasteiger charge is 2.13. The minimum atomic E-state index is -1.12. The van der Waals surface area contributed by atoms with Gasteiger partial charge < -0.3 is 10.2 Å². The largest absolute Gasteiger partial charge is 0.507 e. The Morgan fingerprint density at radius 1 is 0.939 bits per heavy atom. The summed E-state index contributed by atoms with van der Waals surface area (Å²) in [5.41, 5.74) is 4.98. The van der Waals surface area contributed by atoms with Crippen LogP contribution in [-0.4, -0.2) is 26.0 Å². The van der Waals surface area contributed by atoms with Gasteiger partial charge in [-0.25, -0.2) is 9.48 Å². The van der Waals surface area contributed by atoms with Crippen molar-refractivity contribution < 1.29 is 15.0 Å². The second-order valence-corrected chi connectivity index (χ2v) is 7.78. The molecule has 0 fully saturated rings. The Hall–Kier alpha value is -4.46. The van der Waals surface area contributed by atoms with Crippen LogP contribution in [0.25, 0.3) is 16.8 Å². The van der Waals surface area contributed by atoms with E-state index in [4.69, 9.17) is 5.11 Å². The Balaban J connectivity index is 1.66. The molecular weight excluding hydrogens is 420 g/mol. The Morgan fingerprint density at radius 2 is 1.73 bits per heavy atom. The molecule has 0 unspecified atom stereocenters. The molecule has 0 saturated carbocycles. The van der Waals surface area contributed by atoms with Gasteiger partial charge in [-0.05, 0) is 79.9 Å². The van der Waals surface area contributed by atoms with Crippen LogP contribution in [0, 0.1) is 20.8 Å². The van der Waals surface area contributed by atoms with Crippen molar-refractivity contribution in [2.75, 3.05) is 0 Å². The minimum absolute atomic E-state index is 0.00456. The summed E-state index contributed by atoms with van der Waals surface area (Å²) in [5, 5.41) is 30.7. The highest BCUT2D eigenvalue weighted by Crippen LogP contribution is 2.32. The molecule has 3 N–H and O–H groups in total. The number of azo groups is 1. The first-order chi connectivity index (χ1) is 15.7. The molecular formula is C25H22N4O4. The highest BCUT2D eigenvalue weighted by atomic mass is 16.4. The number of hydrogen-bond acceptors (Lipinski definition) is 5. The van der Waals surface area contributed by atoms with E-state index in [0.29, 0.717) is 22.5 Å². The van der Waals surface area contributed by atoms with Gasteiger partial charge in [0.05, 0.1) is 22.6 Å². The van der Waals surface area contributed by atoms with Crippen molar-refractivity contribution in [1.82, 2.24) is 9.78 Å². The average Bonchev–Trinajstić information content (AvgIpc) is 3.07. The summed E-state index contributed by atoms with van der Waals surface area (Å²) in [6.07, 6.45) is 0. The topological polar surface area (TPSA) is 120 Å². The van der Waals surface area contributed by atoms with Crippen molar-refractivity contribution in [3.8, 4) is 22.6 Å². The number of nitrogens with one attached hydrogen (secondary N) is 1. The van der Waals surface area contributed by atoms with E-state index in [-0.39, 0.29) is 22.6 Å². The minimum Gasteiger partial charge on any atom is -0.507 e. The van der Waals surface area contributed by atoms with Crippen LogP contribution in [0.4, 0.5) is 11.4 Å². The zero-order valence-corrected chi connectivity index (χ0v) is 18.3. The normalized spacial score (nSPS) is 11.2. The Labute approximate surface area is 189 Å². The van der Waals surface area contributed by atoms with E-state index < -0.39 is 5.97 Å². The van der Waals surface area contributed by atoms with Crippen molar-refractivity contribution in [2.45, 2.75) is 20.8 Å². The standard InChI is InChI=1S/C25H22N4O4/c1-14-7-9-20(11-15(14)2)29-24(31)23(16(3)28-29)27-26-19-6-4-5-17(12-19)21-10-8-18(25(32)33)13-22(21)30/h4-13,28,30H,1-3H3,(H,32,33). The molecule has 8 heteroatoms. The van der Waals surface area contributed by atoms with Crippen molar-refractivity contribution >= 4 is 17.3 Å². The highest BCUT2D eigenvalue weighted by molar-refractivity contribution is 5.89. The molecule has 0 atom stereocenters. The van der Waals surface area contributed by atoms with E-state index >= 15 is 0 Å². The van der Waals surface area contributed by atoms with Crippen molar-refractivity contribution in [1.29, 1.82) is 0 Å². The monoisotopic (exact) mass is 442 g/mol. The summed E-state index contributed by atoms with van der Waals surface area (Å²) < 4.78 is 1.44. The SMILES string of the molecule is Cc1ccc(-n2[nH]c(C)c(N=Nc3cccc(-c4ccc(C(=O)O)cc4O)c3)c2=O)cc1C. The quantitative estimate of drug-likeness (QED) is 0.350. The number of carboxylic acids is 1. The maximum absolute atomic E-state index is 12.9. The second-order valence-electron chi connectivity index (χ2n) is 7.78. The van der Waals surface area contributed by atoms with Gasteiger partial charge in [0.15, 0.2) is 5.69 Å². The third kappa shape index (κ3) is 4.31. The van der Waals surface area contributed by atoms with E-state index in [2.05, 4.69) is 15.3 Å². The van der Waals surface area contributed by atoms with Gasteiger partial charge in [-0.1, -0.05) is 18.2 Å². The Morgan fingerprint density at radius 3 is 2.42 bits per heavy atom. The zero-order chi connectivity index (χ0) is 23.7. The Kier molecular flexibility index (Phi) is 5.66. The number of aromatic nitrogens is 2. The summed E-state index contributed by atoms with van der Waals surface area (Å²) in [6, 6.07) is 16.8. The molecule has 4 aromatic rings.